The fourth-order valence-corrected chi connectivity index (χ4v) is 4.03. The van der Waals surface area contributed by atoms with E-state index in [9.17, 15) is 9.59 Å². The van der Waals surface area contributed by atoms with Gasteiger partial charge in [-0.15, -0.1) is 0 Å². The summed E-state index contributed by atoms with van der Waals surface area (Å²) >= 11 is 0. The van der Waals surface area contributed by atoms with Crippen LogP contribution in [0, 0.1) is 0 Å². The van der Waals surface area contributed by atoms with Gasteiger partial charge in [0.15, 0.2) is 0 Å². The molecule has 6 nitrogen and oxygen atoms in total. The van der Waals surface area contributed by atoms with E-state index in [2.05, 4.69) is 17.2 Å². The van der Waals surface area contributed by atoms with Gasteiger partial charge in [-0.1, -0.05) is 36.8 Å². The van der Waals surface area contributed by atoms with E-state index in [-0.39, 0.29) is 24.2 Å². The molecule has 1 fully saturated rings. The molecule has 6 heteroatoms. The second kappa shape index (κ2) is 6.86. The van der Waals surface area contributed by atoms with Crippen molar-refractivity contribution in [2.45, 2.75) is 57.7 Å². The van der Waals surface area contributed by atoms with Crippen molar-refractivity contribution in [2.24, 2.45) is 0 Å². The smallest absolute Gasteiger partial charge is 0.334 e. The maximum atomic E-state index is 12.8. The van der Waals surface area contributed by atoms with E-state index >= 15 is 0 Å². The van der Waals surface area contributed by atoms with Gasteiger partial charge in [0.1, 0.15) is 12.4 Å². The molecule has 2 aromatic rings. The first-order valence-corrected chi connectivity index (χ1v) is 9.25. The third-order valence-electron chi connectivity index (χ3n) is 5.32. The molecule has 0 spiro atoms. The molecule has 0 radical (unpaired) electrons. The summed E-state index contributed by atoms with van der Waals surface area (Å²) in [7, 11) is 0. The molecule has 3 heterocycles. The molecule has 0 aliphatic carbocycles. The Balaban J connectivity index is 1.53. The summed E-state index contributed by atoms with van der Waals surface area (Å²) < 4.78 is 3.11. The normalized spacial score (nSPS) is 20.3. The minimum Gasteiger partial charge on any atom is -0.334 e. The van der Waals surface area contributed by atoms with Crippen LogP contribution in [0.4, 0.5) is 0 Å². The molecule has 1 atom stereocenters. The van der Waals surface area contributed by atoms with Crippen LogP contribution in [0.15, 0.2) is 35.1 Å². The van der Waals surface area contributed by atoms with Crippen molar-refractivity contribution in [3.63, 3.8) is 0 Å². The van der Waals surface area contributed by atoms with Gasteiger partial charge in [0.2, 0.25) is 5.91 Å². The molecule has 1 saturated heterocycles. The molecule has 0 bridgehead atoms. The minimum atomic E-state index is -0.138. The summed E-state index contributed by atoms with van der Waals surface area (Å²) in [4.78, 5) is 27.3. The lowest BCUT2D eigenvalue weighted by atomic mass is 10.0. The third-order valence-corrected chi connectivity index (χ3v) is 5.32. The van der Waals surface area contributed by atoms with Gasteiger partial charge >= 0.3 is 5.69 Å². The van der Waals surface area contributed by atoms with Gasteiger partial charge in [-0.3, -0.25) is 9.36 Å². The maximum Gasteiger partial charge on any atom is 0.346 e. The lowest BCUT2D eigenvalue weighted by Crippen LogP contribution is -2.37. The van der Waals surface area contributed by atoms with Crippen molar-refractivity contribution in [1.29, 1.82) is 0 Å². The van der Waals surface area contributed by atoms with Gasteiger partial charge in [0.05, 0.1) is 6.04 Å². The Kier molecular flexibility index (Phi) is 4.42. The van der Waals surface area contributed by atoms with E-state index in [4.69, 9.17) is 0 Å². The Morgan fingerprint density at radius 3 is 2.76 bits per heavy atom. The average Bonchev–Trinajstić information content (AvgIpc) is 3.15. The summed E-state index contributed by atoms with van der Waals surface area (Å²) in [5.74, 6) is 0.818. The highest BCUT2D eigenvalue weighted by atomic mass is 16.2. The van der Waals surface area contributed by atoms with E-state index < -0.39 is 0 Å². The summed E-state index contributed by atoms with van der Waals surface area (Å²) in [6.07, 6.45) is 6.01. The summed E-state index contributed by atoms with van der Waals surface area (Å²) in [6, 6.07) is 10.3. The van der Waals surface area contributed by atoms with Crippen LogP contribution in [0.3, 0.4) is 0 Å². The molecule has 25 heavy (non-hydrogen) atoms. The Morgan fingerprint density at radius 2 is 1.92 bits per heavy atom. The number of likely N-dealkylation sites (tertiary alicyclic amines) is 1. The van der Waals surface area contributed by atoms with Gasteiger partial charge < -0.3 is 4.90 Å². The molecule has 1 unspecified atom stereocenters. The summed E-state index contributed by atoms with van der Waals surface area (Å²) in [5.41, 5.74) is 1.03. The van der Waals surface area contributed by atoms with Crippen LogP contribution in [0.2, 0.25) is 0 Å². The Hall–Kier alpha value is -2.37. The van der Waals surface area contributed by atoms with Gasteiger partial charge in [0, 0.05) is 19.5 Å². The molecular formula is C19H24N4O2. The minimum absolute atomic E-state index is 0.0123. The molecule has 132 valence electrons. The summed E-state index contributed by atoms with van der Waals surface area (Å²) in [5, 5.41) is 4.44. The van der Waals surface area contributed by atoms with Crippen molar-refractivity contribution in [3.05, 3.63) is 52.2 Å². The van der Waals surface area contributed by atoms with E-state index in [0.29, 0.717) is 0 Å². The number of aromatic nitrogens is 3. The molecule has 0 saturated carbocycles. The lowest BCUT2D eigenvalue weighted by Gasteiger charge is -2.25. The second-order valence-electron chi connectivity index (χ2n) is 6.97. The van der Waals surface area contributed by atoms with E-state index in [1.807, 2.05) is 23.1 Å². The quantitative estimate of drug-likeness (QED) is 0.860. The van der Waals surface area contributed by atoms with Gasteiger partial charge in [-0.05, 0) is 31.2 Å². The number of aryl methyl sites for hydroxylation is 1. The standard InChI is InChI=1S/C19H24N4O2/c24-18(21-13-7-10-16(21)15-8-3-1-4-9-15)14-23-19(25)22-12-6-2-5-11-17(22)20-23/h1,3-4,8-9,16H,2,5-7,10-14H2. The van der Waals surface area contributed by atoms with Crippen LogP contribution in [0.25, 0.3) is 0 Å². The number of carbonyl (C=O) groups is 1. The average molecular weight is 340 g/mol. The van der Waals surface area contributed by atoms with Gasteiger partial charge in [-0.2, -0.15) is 5.10 Å². The number of fused-ring (bicyclic) bond motifs is 1. The van der Waals surface area contributed by atoms with Crippen molar-refractivity contribution < 1.29 is 4.79 Å². The van der Waals surface area contributed by atoms with Crippen molar-refractivity contribution in [2.75, 3.05) is 6.54 Å². The van der Waals surface area contributed by atoms with Crippen LogP contribution in [-0.4, -0.2) is 31.7 Å². The predicted octanol–water partition coefficient (Wildman–Crippen LogP) is 2.13. The Bertz CT molecular complexity index is 809. The molecule has 1 amide bonds. The molecule has 2 aliphatic heterocycles. The van der Waals surface area contributed by atoms with Crippen molar-refractivity contribution in [3.8, 4) is 0 Å². The second-order valence-corrected chi connectivity index (χ2v) is 6.97. The molecule has 1 aromatic heterocycles. The first-order chi connectivity index (χ1) is 12.2. The van der Waals surface area contributed by atoms with E-state index in [1.54, 1.807) is 4.57 Å². The molecule has 1 aromatic carbocycles. The SMILES string of the molecule is O=C(Cn1nc2n(c1=O)CCCCC2)N1CCCC1c1ccccc1. The largest absolute Gasteiger partial charge is 0.346 e. The first-order valence-electron chi connectivity index (χ1n) is 9.25. The van der Waals surface area contributed by atoms with Crippen molar-refractivity contribution in [1.82, 2.24) is 19.2 Å². The van der Waals surface area contributed by atoms with Crippen molar-refractivity contribution >= 4 is 5.91 Å². The van der Waals surface area contributed by atoms with Crippen LogP contribution >= 0.6 is 0 Å². The summed E-state index contributed by atoms with van der Waals surface area (Å²) in [6.45, 7) is 1.52. The molecular weight excluding hydrogens is 316 g/mol. The van der Waals surface area contributed by atoms with Crippen LogP contribution < -0.4 is 5.69 Å². The highest BCUT2D eigenvalue weighted by Crippen LogP contribution is 2.31. The Labute approximate surface area is 147 Å². The molecule has 2 aliphatic rings. The number of benzene rings is 1. The zero-order valence-corrected chi connectivity index (χ0v) is 14.4. The van der Waals surface area contributed by atoms with Crippen LogP contribution in [-0.2, 0) is 24.3 Å². The molecule has 0 N–H and O–H groups in total. The lowest BCUT2D eigenvalue weighted by molar-refractivity contribution is -0.133. The topological polar surface area (TPSA) is 60.1 Å². The first kappa shape index (κ1) is 16.1. The number of hydrogen-bond acceptors (Lipinski definition) is 3. The fraction of sp³-hybridized carbons (Fsp3) is 0.526. The van der Waals surface area contributed by atoms with Gasteiger partial charge in [0.25, 0.3) is 0 Å². The van der Waals surface area contributed by atoms with Crippen LogP contribution in [0.1, 0.15) is 49.5 Å². The maximum absolute atomic E-state index is 12.8. The molecule has 4 rings (SSSR count). The number of nitrogens with zero attached hydrogens (tertiary/aromatic N) is 4. The van der Waals surface area contributed by atoms with E-state index in [0.717, 1.165) is 57.4 Å². The number of amides is 1. The fourth-order valence-electron chi connectivity index (χ4n) is 4.03. The number of hydrogen-bond donors (Lipinski definition) is 0. The third kappa shape index (κ3) is 3.13. The highest BCUT2D eigenvalue weighted by Gasteiger charge is 2.30. The number of rotatable bonds is 3. The zero-order chi connectivity index (χ0) is 17.2. The van der Waals surface area contributed by atoms with E-state index in [1.165, 1.54) is 10.2 Å². The monoisotopic (exact) mass is 340 g/mol. The predicted molar refractivity (Wildman–Crippen MR) is 94.2 cm³/mol. The highest BCUT2D eigenvalue weighted by molar-refractivity contribution is 5.76. The van der Waals surface area contributed by atoms with Crippen LogP contribution in [0.5, 0.6) is 0 Å². The zero-order valence-electron chi connectivity index (χ0n) is 14.4. The number of carbonyl (C=O) groups excluding carboxylic acids is 1. The van der Waals surface area contributed by atoms with Gasteiger partial charge in [-0.25, -0.2) is 9.48 Å². The Morgan fingerprint density at radius 1 is 1.08 bits per heavy atom.